The van der Waals surface area contributed by atoms with Gasteiger partial charge in [-0.05, 0) is 124 Å². The van der Waals surface area contributed by atoms with E-state index in [-0.39, 0.29) is 0 Å². The first kappa shape index (κ1) is 33.9. The van der Waals surface area contributed by atoms with Crippen molar-refractivity contribution in [2.24, 2.45) is 0 Å². The largest absolute Gasteiger partial charge is 0.457 e. The Balaban J connectivity index is 1.11. The molecule has 53 heavy (non-hydrogen) atoms. The molecular weight excluding hydrogens is 697 g/mol. The monoisotopic (exact) mass is 737 g/mol. The Labute approximate surface area is 315 Å². The normalized spacial score (nSPS) is 12.6. The molecule has 0 heterocycles. The Bertz CT molecular complexity index is 2460. The van der Waals surface area contributed by atoms with Crippen LogP contribution < -0.4 is 31.3 Å². The highest BCUT2D eigenvalue weighted by molar-refractivity contribution is 8.27. The van der Waals surface area contributed by atoms with E-state index in [1.807, 2.05) is 30.3 Å². The van der Waals surface area contributed by atoms with Crippen LogP contribution in [0.2, 0.25) is 0 Å². The van der Waals surface area contributed by atoms with Gasteiger partial charge in [0.1, 0.15) is 34.7 Å². The van der Waals surface area contributed by atoms with Crippen LogP contribution >= 0.6 is 23.1 Å². The van der Waals surface area contributed by atoms with E-state index in [0.29, 0.717) is 8.27 Å². The lowest BCUT2D eigenvalue weighted by molar-refractivity contribution is 0.483. The summed E-state index contributed by atoms with van der Waals surface area (Å²) in [5, 5.41) is 15.5. The number of ether oxygens (including phenoxy) is 1. The van der Waals surface area contributed by atoms with Crippen LogP contribution in [-0.2, 0) is 0 Å². The zero-order valence-electron chi connectivity index (χ0n) is 29.5. The van der Waals surface area contributed by atoms with E-state index < -0.39 is 14.9 Å². The highest BCUT2D eigenvalue weighted by Gasteiger charge is 2.44. The molecule has 0 aromatic heterocycles. The van der Waals surface area contributed by atoms with Crippen molar-refractivity contribution in [1.82, 2.24) is 0 Å². The van der Waals surface area contributed by atoms with E-state index in [9.17, 15) is 0 Å². The zero-order valence-corrected chi connectivity index (χ0v) is 32.3. The summed E-state index contributed by atoms with van der Waals surface area (Å²) in [4.78, 5) is 0. The standard InChI is InChI=1S/C49H40OP3/c1-5-17-40(18-6-1)50-41-29-31-42(32-30-41)51-52(47-34-28-39-26-25-37-15-13-16-38-27-33-46(47)49(39)48(37)38)35-14-36-53(43-19-7-2-8-20-43,44-21-9-3-10-22-44)45-23-11-4-12-24-45/h1-13,15-34,51H,14,35-36H2/q+1. The average Bonchev–Trinajstić information content (AvgIpc) is 3.23. The van der Waals surface area contributed by atoms with Crippen LogP contribution in [0.5, 0.6) is 11.5 Å². The van der Waals surface area contributed by atoms with Crippen molar-refractivity contribution >= 4 is 82.0 Å². The molecule has 0 aliphatic heterocycles. The van der Waals surface area contributed by atoms with Gasteiger partial charge < -0.3 is 4.74 Å². The van der Waals surface area contributed by atoms with Crippen molar-refractivity contribution in [3.05, 3.63) is 200 Å². The lowest BCUT2D eigenvalue weighted by atomic mass is 9.94. The lowest BCUT2D eigenvalue weighted by Gasteiger charge is -2.29. The summed E-state index contributed by atoms with van der Waals surface area (Å²) in [6.07, 6.45) is 3.43. The lowest BCUT2D eigenvalue weighted by Crippen LogP contribution is -2.33. The fraction of sp³-hybridized carbons (Fsp3) is 0.0612. The molecule has 0 N–H and O–H groups in total. The molecule has 0 bridgehead atoms. The summed E-state index contributed by atoms with van der Waals surface area (Å²) in [6.45, 7) is 0. The van der Waals surface area contributed by atoms with Crippen LogP contribution in [0.1, 0.15) is 6.42 Å². The summed E-state index contributed by atoms with van der Waals surface area (Å²) in [7, 11) is -1.76. The van der Waals surface area contributed by atoms with E-state index in [1.54, 1.807) is 0 Å². The van der Waals surface area contributed by atoms with Crippen molar-refractivity contribution in [3.8, 4) is 11.5 Å². The molecule has 0 saturated carbocycles. The third kappa shape index (κ3) is 6.76. The Morgan fingerprint density at radius 2 is 0.925 bits per heavy atom. The maximum atomic E-state index is 6.19. The van der Waals surface area contributed by atoms with Gasteiger partial charge in [-0.25, -0.2) is 0 Å². The Kier molecular flexibility index (Phi) is 9.74. The van der Waals surface area contributed by atoms with Crippen LogP contribution in [0.25, 0.3) is 32.3 Å². The SMILES string of the molecule is c1ccc(Oc2ccc(PP(CCC[P+](c3ccccc3)(c3ccccc3)c3ccccc3)c3ccc4ccc5cccc6ccc3c4c56)cc2)cc1. The molecule has 0 aliphatic rings. The molecule has 0 fully saturated rings. The molecule has 2 unspecified atom stereocenters. The van der Waals surface area contributed by atoms with Gasteiger partial charge in [0.2, 0.25) is 0 Å². The molecule has 1 nitrogen and oxygen atoms in total. The summed E-state index contributed by atoms with van der Waals surface area (Å²) in [6, 6.07) is 73.8. The Morgan fingerprint density at radius 3 is 1.51 bits per heavy atom. The number of hydrogen-bond acceptors (Lipinski definition) is 1. The number of hydrogen-bond donors (Lipinski definition) is 0. The second kappa shape index (κ2) is 15.2. The summed E-state index contributed by atoms with van der Waals surface area (Å²) >= 11 is 0. The van der Waals surface area contributed by atoms with E-state index in [0.717, 1.165) is 30.2 Å². The van der Waals surface area contributed by atoms with Gasteiger partial charge in [-0.3, -0.25) is 0 Å². The summed E-state index contributed by atoms with van der Waals surface area (Å²) in [5.74, 6) is 1.74. The van der Waals surface area contributed by atoms with Crippen molar-refractivity contribution < 1.29 is 4.74 Å². The first-order valence-electron chi connectivity index (χ1n) is 18.3. The van der Waals surface area contributed by atoms with Crippen LogP contribution in [-0.4, -0.2) is 12.3 Å². The molecule has 0 spiro atoms. The minimum absolute atomic E-state index is 0.522. The minimum atomic E-state index is -1.92. The summed E-state index contributed by atoms with van der Waals surface area (Å²) in [5.41, 5.74) is 0. The molecule has 0 saturated heterocycles. The van der Waals surface area contributed by atoms with E-state index >= 15 is 0 Å². The summed E-state index contributed by atoms with van der Waals surface area (Å²) < 4.78 is 6.19. The van der Waals surface area contributed by atoms with Gasteiger partial charge in [0.05, 0.1) is 6.16 Å². The van der Waals surface area contributed by atoms with Gasteiger partial charge in [0.25, 0.3) is 0 Å². The zero-order chi connectivity index (χ0) is 35.5. The molecule has 0 radical (unpaired) electrons. The van der Waals surface area contributed by atoms with E-state index in [4.69, 9.17) is 4.74 Å². The third-order valence-corrected chi connectivity index (χ3v) is 20.5. The fourth-order valence-electron chi connectivity index (χ4n) is 7.92. The molecule has 9 rings (SSSR count). The number of para-hydroxylation sites is 1. The van der Waals surface area contributed by atoms with Gasteiger partial charge in [-0.15, -0.1) is 0 Å². The van der Waals surface area contributed by atoms with Gasteiger partial charge in [0.15, 0.2) is 0 Å². The molecule has 9 aromatic carbocycles. The molecule has 9 aromatic rings. The van der Waals surface area contributed by atoms with Crippen molar-refractivity contribution in [3.63, 3.8) is 0 Å². The van der Waals surface area contributed by atoms with Gasteiger partial charge in [-0.2, -0.15) is 0 Å². The van der Waals surface area contributed by atoms with E-state index in [1.165, 1.54) is 58.8 Å². The highest BCUT2D eigenvalue weighted by atomic mass is 32.0. The van der Waals surface area contributed by atoms with Crippen molar-refractivity contribution in [2.45, 2.75) is 6.42 Å². The van der Waals surface area contributed by atoms with Gasteiger partial charge in [-0.1, -0.05) is 148 Å². The predicted octanol–water partition coefficient (Wildman–Crippen LogP) is 11.8. The fourth-order valence-corrected chi connectivity index (χ4v) is 18.0. The molecule has 0 aliphatic carbocycles. The molecule has 0 amide bonds. The van der Waals surface area contributed by atoms with Crippen molar-refractivity contribution in [2.75, 3.05) is 12.3 Å². The molecule has 2 atom stereocenters. The molecular formula is C49H40OP3+. The first-order chi connectivity index (χ1) is 26.3. The predicted molar refractivity (Wildman–Crippen MR) is 237 cm³/mol. The average molecular weight is 738 g/mol. The molecule has 256 valence electrons. The molecule has 4 heteroatoms. The smallest absolute Gasteiger partial charge is 0.127 e. The van der Waals surface area contributed by atoms with Crippen LogP contribution in [0, 0.1) is 0 Å². The maximum absolute atomic E-state index is 6.19. The van der Waals surface area contributed by atoms with Crippen LogP contribution in [0.15, 0.2) is 200 Å². The Hall–Kier alpha value is -4.89. The third-order valence-electron chi connectivity index (χ3n) is 10.4. The van der Waals surface area contributed by atoms with E-state index in [2.05, 4.69) is 170 Å². The van der Waals surface area contributed by atoms with Crippen molar-refractivity contribution in [1.29, 1.82) is 0 Å². The second-order valence-electron chi connectivity index (χ2n) is 13.5. The van der Waals surface area contributed by atoms with Crippen LogP contribution in [0.4, 0.5) is 0 Å². The highest BCUT2D eigenvalue weighted by Crippen LogP contribution is 2.60. The number of benzene rings is 9. The second-order valence-corrected chi connectivity index (χ2v) is 22.0. The van der Waals surface area contributed by atoms with Gasteiger partial charge in [0, 0.05) is 0 Å². The first-order valence-corrected chi connectivity index (χ1v) is 23.7. The maximum Gasteiger partial charge on any atom is 0.127 e. The van der Waals surface area contributed by atoms with Crippen LogP contribution in [0.3, 0.4) is 0 Å². The topological polar surface area (TPSA) is 9.23 Å². The minimum Gasteiger partial charge on any atom is -0.457 e. The quantitative estimate of drug-likeness (QED) is 0.0896. The van der Waals surface area contributed by atoms with Gasteiger partial charge >= 0.3 is 0 Å². The number of rotatable bonds is 12. The Morgan fingerprint density at radius 1 is 0.434 bits per heavy atom.